The van der Waals surface area contributed by atoms with Crippen molar-refractivity contribution in [2.24, 2.45) is 0 Å². The minimum absolute atomic E-state index is 0. The quantitative estimate of drug-likeness (QED) is 0.0245. The second kappa shape index (κ2) is 88.4. The molecule has 0 rings (SSSR count). The Morgan fingerprint density at radius 2 is 0.247 bits per heavy atom. The van der Waals surface area contributed by atoms with Crippen molar-refractivity contribution in [3.63, 3.8) is 0 Å². The van der Waals surface area contributed by atoms with Crippen molar-refractivity contribution in [1.82, 2.24) is 0 Å². The Balaban J connectivity index is -0.000000333. The van der Waals surface area contributed by atoms with Gasteiger partial charge in [-0.15, -0.1) is 0 Å². The van der Waals surface area contributed by atoms with Crippen LogP contribution in [0.4, 0.5) is 0 Å². The van der Waals surface area contributed by atoms with Crippen LogP contribution in [-0.4, -0.2) is 23.9 Å². The maximum Gasteiger partial charge on any atom is 4.00 e. The summed E-state index contributed by atoms with van der Waals surface area (Å²) in [6.45, 7) is 9.06. The predicted octanol–water partition coefficient (Wildman–Crippen LogP) is 15.2. The molecule has 0 bridgehead atoms. The van der Waals surface area contributed by atoms with Gasteiger partial charge in [-0.3, -0.25) is 20.4 Å². The number of unbranched alkanes of at least 4 members (excludes halogenated alkanes) is 56. The third-order valence-electron chi connectivity index (χ3n) is 16.3. The molecule has 0 saturated heterocycles. The molecule has 0 aliphatic rings. The molecule has 0 N–H and O–H groups in total. The van der Waals surface area contributed by atoms with Gasteiger partial charge in [0.1, 0.15) is 0 Å². The minimum atomic E-state index is -0.621. The van der Waals surface area contributed by atoms with Gasteiger partial charge in [0, 0.05) is 25.7 Å². The molecule has 0 saturated carbocycles. The van der Waals surface area contributed by atoms with Gasteiger partial charge in [-0.05, 0) is 25.7 Å². The van der Waals surface area contributed by atoms with Crippen LogP contribution >= 0.6 is 0 Å². The third-order valence-corrected chi connectivity index (χ3v) is 16.3. The maximum atomic E-state index is 10.6. The van der Waals surface area contributed by atoms with Crippen LogP contribution in [0.25, 0.3) is 0 Å². The number of hydrogen-bond donors (Lipinski definition) is 0. The van der Waals surface area contributed by atoms with E-state index in [0.29, 0.717) is 0 Å². The van der Waals surface area contributed by atoms with Gasteiger partial charge in [-0.25, -0.2) is 0 Å². The molecule has 0 aromatic carbocycles. The number of aliphatic carboxylic acids is 4. The van der Waals surface area contributed by atoms with Gasteiger partial charge in [-0.2, -0.15) is 0 Å². The molecule has 0 radical (unpaired) electrons. The molecule has 0 atom stereocenters. The number of carbonyl (C=O) groups excluding carboxylic acids is 4. The number of rotatable bonds is 64. The Kier molecular flexibility index (Phi) is 95.4. The molecule has 0 spiro atoms. The third kappa shape index (κ3) is 95.8. The normalized spacial score (nSPS) is 11.8. The molecular weight excluding hydrogens is 1150 g/mol. The molecule has 504 valence electrons. The Hall–Kier alpha value is -2.04. The average molecular weight is 1290 g/mol. The maximum absolute atomic E-state index is 10.6. The molecule has 0 aliphatic heterocycles. The van der Waals surface area contributed by atoms with E-state index in [1.807, 2.05) is 0 Å². The smallest absolute Gasteiger partial charge is 0.719 e. The molecule has 0 aromatic heterocycles. The summed E-state index contributed by atoms with van der Waals surface area (Å²) in [5.74, 6) is -2.48. The van der Waals surface area contributed by atoms with Gasteiger partial charge in [0.15, 0.2) is 0 Å². The number of carboxylic acids is 4. The van der Waals surface area contributed by atoms with Gasteiger partial charge >= 0.3 is 50.1 Å². The first-order chi connectivity index (χ1) is 41.2. The largest absolute Gasteiger partial charge is 4.00 e. The summed E-state index contributed by atoms with van der Waals surface area (Å²) < 4.78 is 13.5. The van der Waals surface area contributed by atoms with Gasteiger partial charge in [0.25, 0.3) is 0 Å². The zero-order chi connectivity index (χ0) is 62.4. The van der Waals surface area contributed by atoms with Crippen LogP contribution in [0.5, 0.6) is 0 Å². The summed E-state index contributed by atoms with van der Waals surface area (Å²) in [5.41, 5.74) is 0. The van der Waals surface area contributed by atoms with Crippen molar-refractivity contribution >= 4 is 23.9 Å². The Morgan fingerprint density at radius 1 is 0.165 bits per heavy atom. The molecule has 0 heterocycles. The SMILES string of the molecule is CCCCCCCCCCCCCCCCCC([O-])=[O+][O-].CCCCCCCCCCCCCCCCCC([O-])=[O+][O-].CCCCCCCCCCCCCCCCCC([O-])=[O+][O-].CCCCCCCCCCCCCCCCCC([O-])=[O+][O-].[Zr+4]. The van der Waals surface area contributed by atoms with Crippen LogP contribution in [0.3, 0.4) is 0 Å². The van der Waals surface area contributed by atoms with Crippen LogP contribution in [0.1, 0.15) is 439 Å². The fourth-order valence-corrected chi connectivity index (χ4v) is 10.7. The van der Waals surface area contributed by atoms with E-state index in [9.17, 15) is 41.5 Å². The Labute approximate surface area is 545 Å². The van der Waals surface area contributed by atoms with Crippen molar-refractivity contribution in [3.8, 4) is 0 Å². The topological polar surface area (TPSA) is 230 Å². The van der Waals surface area contributed by atoms with Crippen molar-refractivity contribution in [2.45, 2.75) is 439 Å². The van der Waals surface area contributed by atoms with Crippen molar-refractivity contribution < 1.29 is 86.0 Å². The van der Waals surface area contributed by atoms with Crippen molar-refractivity contribution in [1.29, 1.82) is 0 Å². The second-order valence-corrected chi connectivity index (χ2v) is 24.6. The second-order valence-electron chi connectivity index (χ2n) is 24.6. The monoisotopic (exact) mass is 1290 g/mol. The van der Waals surface area contributed by atoms with Crippen LogP contribution in [0, 0.1) is 0 Å². The zero-order valence-electron chi connectivity index (χ0n) is 56.7. The molecule has 85 heavy (non-hydrogen) atoms. The number of hydrogen-bond acceptors (Lipinski definition) is 8. The van der Waals surface area contributed by atoms with E-state index < -0.39 is 23.9 Å². The molecular formula is C72H140O12Zr. The molecule has 12 nitrogen and oxygen atoms in total. The van der Waals surface area contributed by atoms with Crippen LogP contribution < -0.4 is 41.5 Å². The van der Waals surface area contributed by atoms with E-state index in [2.05, 4.69) is 46.0 Å². The van der Waals surface area contributed by atoms with Gasteiger partial charge in [0.2, 0.25) is 0 Å². The van der Waals surface area contributed by atoms with Crippen molar-refractivity contribution in [3.05, 3.63) is 0 Å². The average Bonchev–Trinajstić information content (AvgIpc) is 3.51. The molecule has 0 unspecified atom stereocenters. The van der Waals surface area contributed by atoms with E-state index in [0.717, 1.165) is 51.4 Å². The summed E-state index contributed by atoms with van der Waals surface area (Å²) in [5, 5.41) is 81.5. The first-order valence-corrected chi connectivity index (χ1v) is 36.5. The van der Waals surface area contributed by atoms with Crippen LogP contribution in [0.2, 0.25) is 0 Å². The summed E-state index contributed by atoms with van der Waals surface area (Å²) in [6, 6.07) is 0. The molecule has 0 amide bonds. The standard InChI is InChI=1S/4C18H36O3.Zr/c4*1-2-3-4-5-6-7-8-9-10-11-12-13-14-15-16-17-18(19)21-20;/h4*19H,2-17H2,1H3;/q;;;;+4/p-4. The van der Waals surface area contributed by atoms with Crippen LogP contribution in [-0.2, 0) is 44.5 Å². The summed E-state index contributed by atoms with van der Waals surface area (Å²) in [7, 11) is 0. The zero-order valence-corrected chi connectivity index (χ0v) is 59.1. The summed E-state index contributed by atoms with van der Waals surface area (Å²) in [4.78, 5) is 0. The van der Waals surface area contributed by atoms with E-state index in [1.165, 1.54) is 334 Å². The van der Waals surface area contributed by atoms with E-state index in [4.69, 9.17) is 0 Å². The summed E-state index contributed by atoms with van der Waals surface area (Å²) >= 11 is 0. The van der Waals surface area contributed by atoms with Crippen molar-refractivity contribution in [2.75, 3.05) is 0 Å². The minimum Gasteiger partial charge on any atom is -0.719 e. The fraction of sp³-hybridized carbons (Fsp3) is 0.944. The van der Waals surface area contributed by atoms with E-state index in [-0.39, 0.29) is 51.9 Å². The summed E-state index contributed by atoms with van der Waals surface area (Å²) in [6.07, 6.45) is 79.1. The molecule has 0 aromatic rings. The first-order valence-electron chi connectivity index (χ1n) is 36.5. The first kappa shape index (κ1) is 91.7. The van der Waals surface area contributed by atoms with Crippen LogP contribution in [0.15, 0.2) is 0 Å². The van der Waals surface area contributed by atoms with E-state index >= 15 is 0 Å². The molecule has 0 aliphatic carbocycles. The Morgan fingerprint density at radius 3 is 0.329 bits per heavy atom. The fourth-order valence-electron chi connectivity index (χ4n) is 10.7. The van der Waals surface area contributed by atoms with E-state index in [1.54, 1.807) is 0 Å². The molecule has 13 heteroatoms. The van der Waals surface area contributed by atoms with Gasteiger partial charge < -0.3 is 39.3 Å². The number of carboxylic acid groups (broad SMARTS) is 4. The predicted molar refractivity (Wildman–Crippen MR) is 338 cm³/mol. The van der Waals surface area contributed by atoms with Gasteiger partial charge in [-0.1, -0.05) is 387 Å². The van der Waals surface area contributed by atoms with Gasteiger partial charge in [0.05, 0.1) is 0 Å². The molecule has 0 fully saturated rings. The Bertz CT molecular complexity index is 1110.